The predicted molar refractivity (Wildman–Crippen MR) is 112 cm³/mol. The number of nitrogens with one attached hydrogen (secondary N) is 2. The Hall–Kier alpha value is -3.39. The van der Waals surface area contributed by atoms with Crippen LogP contribution in [0.15, 0.2) is 32.5 Å². The standard InChI is InChI=1S/C19H11F5N4O3S2/c1-28-16(30)12-7(5-32-15(12)27-18(28)31)4-11(29)26-17-25-10(6-33-17)8-2-3-9(19(22,23)24)14(21)13(8)20/h2-3,5-6H,4H2,1H3,(H,27,31)(H,25,26,29). The van der Waals surface area contributed by atoms with Gasteiger partial charge in [-0.05, 0) is 23.1 Å². The quantitative estimate of drug-likeness (QED) is 0.414. The van der Waals surface area contributed by atoms with E-state index in [-0.39, 0.29) is 22.6 Å². The van der Waals surface area contributed by atoms with Crippen LogP contribution in [0.5, 0.6) is 0 Å². The third kappa shape index (κ3) is 4.18. The smallest absolute Gasteiger partial charge is 0.302 e. The molecule has 1 amide bonds. The van der Waals surface area contributed by atoms with Crippen molar-refractivity contribution in [2.45, 2.75) is 12.6 Å². The molecule has 4 rings (SSSR count). The molecule has 3 aromatic heterocycles. The van der Waals surface area contributed by atoms with E-state index in [4.69, 9.17) is 0 Å². The zero-order valence-electron chi connectivity index (χ0n) is 16.3. The minimum atomic E-state index is -5.05. The fourth-order valence-electron chi connectivity index (χ4n) is 3.05. The number of carbonyl (C=O) groups excluding carboxylic acids is 1. The first kappa shape index (κ1) is 22.8. The highest BCUT2D eigenvalue weighted by Crippen LogP contribution is 2.36. The number of halogens is 5. The lowest BCUT2D eigenvalue weighted by atomic mass is 10.1. The van der Waals surface area contributed by atoms with Crippen LogP contribution >= 0.6 is 22.7 Å². The fourth-order valence-corrected chi connectivity index (χ4v) is 4.72. The van der Waals surface area contributed by atoms with Crippen molar-refractivity contribution in [2.24, 2.45) is 7.05 Å². The highest BCUT2D eigenvalue weighted by Gasteiger charge is 2.36. The molecule has 0 radical (unpaired) electrons. The van der Waals surface area contributed by atoms with Gasteiger partial charge in [-0.1, -0.05) is 0 Å². The van der Waals surface area contributed by atoms with Gasteiger partial charge in [0, 0.05) is 18.0 Å². The summed E-state index contributed by atoms with van der Waals surface area (Å²) >= 11 is 1.94. The molecule has 2 N–H and O–H groups in total. The van der Waals surface area contributed by atoms with Crippen molar-refractivity contribution in [3.8, 4) is 11.3 Å². The molecule has 0 aliphatic rings. The monoisotopic (exact) mass is 502 g/mol. The first-order chi connectivity index (χ1) is 15.5. The topological polar surface area (TPSA) is 96.8 Å². The fraction of sp³-hybridized carbons (Fsp3) is 0.158. The lowest BCUT2D eigenvalue weighted by Crippen LogP contribution is -2.32. The summed E-state index contributed by atoms with van der Waals surface area (Å²) in [4.78, 5) is 43.2. The van der Waals surface area contributed by atoms with Crippen molar-refractivity contribution < 1.29 is 26.7 Å². The van der Waals surface area contributed by atoms with Crippen LogP contribution in [0.4, 0.5) is 27.1 Å². The van der Waals surface area contributed by atoms with Gasteiger partial charge in [-0.15, -0.1) is 22.7 Å². The normalized spacial score (nSPS) is 11.8. The third-order valence-electron chi connectivity index (χ3n) is 4.68. The number of anilines is 1. The lowest BCUT2D eigenvalue weighted by molar-refractivity contribution is -0.140. The molecule has 0 saturated heterocycles. The Morgan fingerprint density at radius 3 is 2.58 bits per heavy atom. The average Bonchev–Trinajstić information content (AvgIpc) is 3.34. The minimum absolute atomic E-state index is 0.00412. The van der Waals surface area contributed by atoms with E-state index in [1.165, 1.54) is 12.4 Å². The van der Waals surface area contributed by atoms with E-state index < -0.39 is 46.1 Å². The van der Waals surface area contributed by atoms with Gasteiger partial charge in [0.1, 0.15) is 4.83 Å². The molecule has 33 heavy (non-hydrogen) atoms. The van der Waals surface area contributed by atoms with E-state index in [9.17, 15) is 36.3 Å². The van der Waals surface area contributed by atoms with Gasteiger partial charge in [-0.3, -0.25) is 19.1 Å². The Labute approximate surface area is 188 Å². The number of thiazole rings is 1. The number of aromatic amines is 1. The van der Waals surface area contributed by atoms with Crippen LogP contribution in [0.3, 0.4) is 0 Å². The number of hydrogen-bond donors (Lipinski definition) is 2. The van der Waals surface area contributed by atoms with Crippen LogP contribution in [0.2, 0.25) is 0 Å². The number of amides is 1. The van der Waals surface area contributed by atoms with E-state index in [2.05, 4.69) is 15.3 Å². The van der Waals surface area contributed by atoms with Crippen molar-refractivity contribution in [3.05, 3.63) is 66.5 Å². The number of alkyl halides is 3. The van der Waals surface area contributed by atoms with Crippen molar-refractivity contribution in [1.82, 2.24) is 14.5 Å². The molecule has 0 bridgehead atoms. The molecule has 1 aromatic carbocycles. The number of benzene rings is 1. The van der Waals surface area contributed by atoms with Gasteiger partial charge >= 0.3 is 11.9 Å². The Kier molecular flexibility index (Phi) is 5.66. The summed E-state index contributed by atoms with van der Waals surface area (Å²) in [6.45, 7) is 0. The summed E-state index contributed by atoms with van der Waals surface area (Å²) in [6.07, 6.45) is -5.29. The molecule has 0 aliphatic heterocycles. The molecule has 0 aliphatic carbocycles. The third-order valence-corrected chi connectivity index (χ3v) is 6.38. The molecule has 172 valence electrons. The maximum atomic E-state index is 14.2. The highest BCUT2D eigenvalue weighted by molar-refractivity contribution is 7.17. The number of nitrogens with zero attached hydrogens (tertiary/aromatic N) is 2. The molecule has 7 nitrogen and oxygen atoms in total. The minimum Gasteiger partial charge on any atom is -0.302 e. The van der Waals surface area contributed by atoms with E-state index >= 15 is 0 Å². The number of carbonyl (C=O) groups is 1. The lowest BCUT2D eigenvalue weighted by Gasteiger charge is -2.10. The molecular weight excluding hydrogens is 491 g/mol. The van der Waals surface area contributed by atoms with Gasteiger partial charge in [-0.25, -0.2) is 18.6 Å². The summed E-state index contributed by atoms with van der Waals surface area (Å²) in [5.74, 6) is -4.33. The number of H-pyrrole nitrogens is 1. The van der Waals surface area contributed by atoms with E-state index in [1.54, 1.807) is 5.38 Å². The summed E-state index contributed by atoms with van der Waals surface area (Å²) in [7, 11) is 1.29. The van der Waals surface area contributed by atoms with Gasteiger partial charge in [-0.2, -0.15) is 13.2 Å². The second kappa shape index (κ2) is 8.19. The molecule has 0 unspecified atom stereocenters. The first-order valence-corrected chi connectivity index (χ1v) is 10.7. The molecule has 14 heteroatoms. The molecule has 0 atom stereocenters. The van der Waals surface area contributed by atoms with E-state index in [1.807, 2.05) is 0 Å². The van der Waals surface area contributed by atoms with Crippen LogP contribution < -0.4 is 16.6 Å². The van der Waals surface area contributed by atoms with Gasteiger partial charge in [0.05, 0.1) is 23.1 Å². The number of rotatable bonds is 4. The van der Waals surface area contributed by atoms with E-state index in [0.717, 1.165) is 33.3 Å². The van der Waals surface area contributed by atoms with Crippen LogP contribution in [-0.2, 0) is 24.4 Å². The number of hydrogen-bond acceptors (Lipinski definition) is 6. The van der Waals surface area contributed by atoms with Gasteiger partial charge in [0.2, 0.25) is 5.91 Å². The SMILES string of the molecule is Cn1c(=O)[nH]c2scc(CC(=O)Nc3nc(-c4ccc(C(F)(F)F)c(F)c4F)cs3)c2c1=O. The maximum absolute atomic E-state index is 14.2. The summed E-state index contributed by atoms with van der Waals surface area (Å²) < 4.78 is 67.1. The van der Waals surface area contributed by atoms with Crippen molar-refractivity contribution in [2.75, 3.05) is 5.32 Å². The Balaban J connectivity index is 1.56. The molecule has 0 saturated carbocycles. The van der Waals surface area contributed by atoms with Crippen LogP contribution in [0, 0.1) is 11.6 Å². The van der Waals surface area contributed by atoms with Crippen molar-refractivity contribution in [3.63, 3.8) is 0 Å². The van der Waals surface area contributed by atoms with E-state index in [0.29, 0.717) is 16.5 Å². The number of fused-ring (bicyclic) bond motifs is 1. The number of thiophene rings is 1. The van der Waals surface area contributed by atoms with Crippen LogP contribution in [0.25, 0.3) is 21.5 Å². The van der Waals surface area contributed by atoms with Crippen molar-refractivity contribution >= 4 is 43.9 Å². The average molecular weight is 502 g/mol. The van der Waals surface area contributed by atoms with Gasteiger partial charge < -0.3 is 5.32 Å². The summed E-state index contributed by atoms with van der Waals surface area (Å²) in [6, 6.07) is 1.17. The molecule has 4 aromatic rings. The zero-order chi connectivity index (χ0) is 24.1. The molecular formula is C19H11F5N4O3S2. The van der Waals surface area contributed by atoms with Gasteiger partial charge in [0.25, 0.3) is 5.56 Å². The Bertz CT molecular complexity index is 1520. The van der Waals surface area contributed by atoms with Gasteiger partial charge in [0.15, 0.2) is 16.8 Å². The molecule has 0 spiro atoms. The Morgan fingerprint density at radius 1 is 1.15 bits per heavy atom. The Morgan fingerprint density at radius 2 is 1.88 bits per heavy atom. The first-order valence-electron chi connectivity index (χ1n) is 8.97. The predicted octanol–water partition coefficient (Wildman–Crippen LogP) is 3.89. The van der Waals surface area contributed by atoms with Crippen LogP contribution in [-0.4, -0.2) is 20.4 Å². The molecule has 3 heterocycles. The van der Waals surface area contributed by atoms with Crippen LogP contribution in [0.1, 0.15) is 11.1 Å². The summed E-state index contributed by atoms with van der Waals surface area (Å²) in [5.41, 5.74) is -3.16. The number of aromatic nitrogens is 3. The summed E-state index contributed by atoms with van der Waals surface area (Å²) in [5, 5.41) is 5.44. The largest absolute Gasteiger partial charge is 0.419 e. The second-order valence-electron chi connectivity index (χ2n) is 6.81. The van der Waals surface area contributed by atoms with Crippen molar-refractivity contribution in [1.29, 1.82) is 0 Å². The molecule has 0 fully saturated rings. The maximum Gasteiger partial charge on any atom is 0.419 e. The second-order valence-corrected chi connectivity index (χ2v) is 8.55. The zero-order valence-corrected chi connectivity index (χ0v) is 18.0. The highest BCUT2D eigenvalue weighted by atomic mass is 32.1.